The summed E-state index contributed by atoms with van der Waals surface area (Å²) in [4.78, 5) is 55.6. The van der Waals surface area contributed by atoms with E-state index >= 15 is 4.57 Å². The van der Waals surface area contributed by atoms with Gasteiger partial charge in [0.05, 0.1) is 40.1 Å². The van der Waals surface area contributed by atoms with Crippen molar-refractivity contribution >= 4 is 7.82 Å². The fourth-order valence-electron chi connectivity index (χ4n) is 9.95. The van der Waals surface area contributed by atoms with Crippen molar-refractivity contribution in [2.24, 2.45) is 0 Å². The van der Waals surface area contributed by atoms with Crippen LogP contribution in [0.5, 0.6) is 11.5 Å². The molecule has 18 nitrogen and oxygen atoms in total. The molecule has 7 rings (SSSR count). The highest BCUT2D eigenvalue weighted by atomic mass is 31.2. The number of aliphatic hydroxyl groups is 1. The van der Waals surface area contributed by atoms with E-state index in [1.54, 1.807) is 28.1 Å². The van der Waals surface area contributed by atoms with Gasteiger partial charge in [-0.3, -0.25) is 42.3 Å². The minimum absolute atomic E-state index is 0.0147. The lowest BCUT2D eigenvalue weighted by molar-refractivity contribution is -0.0961. The monoisotopic (exact) mass is 1070 g/mol. The number of aromatic nitrogens is 4. The van der Waals surface area contributed by atoms with Crippen LogP contribution in [0.2, 0.25) is 0 Å². The average Bonchev–Trinajstić information content (AvgIpc) is 4.02. The molecule has 414 valence electrons. The Morgan fingerprint density at radius 3 is 1.57 bits per heavy atom. The molecule has 2 aromatic heterocycles. The van der Waals surface area contributed by atoms with E-state index in [2.05, 4.69) is 16.9 Å². The zero-order chi connectivity index (χ0) is 54.1. The van der Waals surface area contributed by atoms with Crippen LogP contribution in [0.1, 0.15) is 150 Å². The Balaban J connectivity index is 1.14. The predicted molar refractivity (Wildman–Crippen MR) is 288 cm³/mol. The number of aromatic amines is 2. The lowest BCUT2D eigenvalue weighted by Gasteiger charge is -2.37. The first-order chi connectivity index (χ1) is 36.8. The molecule has 4 heterocycles. The van der Waals surface area contributed by atoms with E-state index in [9.17, 15) is 24.3 Å². The molecule has 1 unspecified atom stereocenters. The molecular weight excluding hydrogens is 996 g/mol. The van der Waals surface area contributed by atoms with Crippen LogP contribution in [-0.2, 0) is 37.9 Å². The lowest BCUT2D eigenvalue weighted by atomic mass is 9.80. The molecule has 0 bridgehead atoms. The number of methoxy groups -OCH3 is 2. The summed E-state index contributed by atoms with van der Waals surface area (Å²) in [6, 6.07) is 24.7. The summed E-state index contributed by atoms with van der Waals surface area (Å²) in [6.07, 6.45) is 12.4. The molecule has 0 saturated carbocycles. The van der Waals surface area contributed by atoms with Crippen molar-refractivity contribution in [3.8, 4) is 11.5 Å². The maximum absolute atomic E-state index is 15.3. The third kappa shape index (κ3) is 15.2. The molecule has 2 fully saturated rings. The van der Waals surface area contributed by atoms with Gasteiger partial charge in [0, 0.05) is 36.4 Å². The number of unbranched alkanes of at least 4 members (excludes halogenated alkanes) is 13. The molecule has 0 amide bonds. The van der Waals surface area contributed by atoms with Gasteiger partial charge in [0.2, 0.25) is 0 Å². The van der Waals surface area contributed by atoms with Crippen LogP contribution in [0, 0.1) is 13.8 Å². The Morgan fingerprint density at radius 2 is 1.07 bits per heavy atom. The molecule has 7 atom stereocenters. The first-order valence-electron chi connectivity index (χ1n) is 27.0. The molecule has 3 N–H and O–H groups in total. The maximum Gasteiger partial charge on any atom is 0.475 e. The van der Waals surface area contributed by atoms with Crippen molar-refractivity contribution < 1.29 is 46.9 Å². The molecule has 2 aliphatic heterocycles. The highest BCUT2D eigenvalue weighted by Gasteiger charge is 2.47. The van der Waals surface area contributed by atoms with E-state index in [0.717, 1.165) is 42.4 Å². The van der Waals surface area contributed by atoms with Gasteiger partial charge in [-0.15, -0.1) is 0 Å². The number of hydrogen-bond donors (Lipinski definition) is 3. The topological polar surface area (TPSA) is 221 Å². The second-order valence-electron chi connectivity index (χ2n) is 19.9. The molecule has 2 saturated heterocycles. The predicted octanol–water partition coefficient (Wildman–Crippen LogP) is 9.67. The molecule has 5 aromatic rings. The lowest BCUT2D eigenvalue weighted by Crippen LogP contribution is -2.38. The highest BCUT2D eigenvalue weighted by Crippen LogP contribution is 2.54. The summed E-state index contributed by atoms with van der Waals surface area (Å²) in [5.74, 6) is 1.27. The van der Waals surface area contributed by atoms with E-state index in [1.807, 2.05) is 78.9 Å². The van der Waals surface area contributed by atoms with Gasteiger partial charge in [0.25, 0.3) is 11.1 Å². The van der Waals surface area contributed by atoms with Gasteiger partial charge in [-0.25, -0.2) is 14.2 Å². The van der Waals surface area contributed by atoms with E-state index in [1.165, 1.54) is 79.3 Å². The van der Waals surface area contributed by atoms with Gasteiger partial charge in [-0.1, -0.05) is 145 Å². The number of nitrogens with zero attached hydrogens (tertiary/aromatic N) is 2. The molecule has 19 heteroatoms. The number of nitrogens with one attached hydrogen (secondary N) is 2. The number of hydrogen-bond acceptors (Lipinski definition) is 14. The summed E-state index contributed by atoms with van der Waals surface area (Å²) in [6.45, 7) is 4.70. The van der Waals surface area contributed by atoms with Crippen molar-refractivity contribution in [3.63, 3.8) is 0 Å². The Morgan fingerprint density at radius 1 is 0.605 bits per heavy atom. The van der Waals surface area contributed by atoms with Crippen LogP contribution in [0.3, 0.4) is 0 Å². The molecule has 0 spiro atoms. The molecular formula is C57H77N4O14P. The van der Waals surface area contributed by atoms with Gasteiger partial charge >= 0.3 is 19.2 Å². The Kier molecular flexibility index (Phi) is 21.7. The number of benzene rings is 3. The van der Waals surface area contributed by atoms with E-state index in [4.69, 9.17) is 37.3 Å². The largest absolute Gasteiger partial charge is 0.497 e. The van der Waals surface area contributed by atoms with Crippen LogP contribution in [0.4, 0.5) is 0 Å². The van der Waals surface area contributed by atoms with E-state index in [-0.39, 0.29) is 37.2 Å². The number of phosphoric acid groups is 1. The maximum atomic E-state index is 15.3. The molecule has 2 aliphatic rings. The Bertz CT molecular complexity index is 2820. The van der Waals surface area contributed by atoms with Crippen molar-refractivity contribution in [3.05, 3.63) is 161 Å². The van der Waals surface area contributed by atoms with Gasteiger partial charge < -0.3 is 28.8 Å². The second kappa shape index (κ2) is 28.3. The van der Waals surface area contributed by atoms with Gasteiger partial charge in [-0.05, 0) is 61.2 Å². The van der Waals surface area contributed by atoms with Crippen LogP contribution in [0.25, 0.3) is 0 Å². The number of aliphatic hydroxyl groups excluding tert-OH is 1. The Labute approximate surface area is 444 Å². The minimum Gasteiger partial charge on any atom is -0.497 e. The normalized spacial score (nSPS) is 20.4. The van der Waals surface area contributed by atoms with E-state index < -0.39 is 79.4 Å². The average molecular weight is 1070 g/mol. The molecule has 0 radical (unpaired) electrons. The third-order valence-corrected chi connectivity index (χ3v) is 15.8. The standard InChI is InChI=1S/C57H77N4O14P/c1-6-7-8-9-10-11-12-13-14-15-16-17-18-22-33-71-76(67,72-39-49-47(62)34-51(73-49)60-36-40(2)53(63)58-55(60)65)75-48-35-52(61-37-41(3)54(64)59-56(61)66)74-50(48)38-70-57(42-23-20-19-21-24-42,43-25-29-45(68-4)30-26-43)44-27-31-46(69-5)32-28-44/h19-21,23-32,36-37,47-52,62H,6-18,22,33-35,38-39H2,1-5H3,(H,58,63,65)(H,59,64,66)/t47-,48-,49+,50+,51+,52+,76?/m0/s1. The Hall–Kier alpha value is -5.43. The smallest absolute Gasteiger partial charge is 0.475 e. The summed E-state index contributed by atoms with van der Waals surface area (Å²) in [5, 5.41) is 11.2. The quantitative estimate of drug-likeness (QED) is 0.0214. The van der Waals surface area contributed by atoms with Crippen LogP contribution in [-0.4, -0.2) is 82.7 Å². The van der Waals surface area contributed by atoms with E-state index in [0.29, 0.717) is 17.9 Å². The first kappa shape index (κ1) is 58.3. The summed E-state index contributed by atoms with van der Waals surface area (Å²) >= 11 is 0. The molecule has 0 aliphatic carbocycles. The summed E-state index contributed by atoms with van der Waals surface area (Å²) in [7, 11) is -1.43. The van der Waals surface area contributed by atoms with Crippen molar-refractivity contribution in [2.75, 3.05) is 34.0 Å². The summed E-state index contributed by atoms with van der Waals surface area (Å²) < 4.78 is 67.6. The van der Waals surface area contributed by atoms with Gasteiger partial charge in [0.1, 0.15) is 47.9 Å². The van der Waals surface area contributed by atoms with Crippen LogP contribution in [0.15, 0.2) is 110 Å². The SMILES string of the molecule is CCCCCCCCCCCCCCCCOP(=O)(OC[C@H]1O[C@@H](n2cc(C)c(=O)[nH]c2=O)C[C@@H]1O)O[C@H]1C[C@H](n2cc(C)c(=O)[nH]c2=O)O[C@@H]1COC(c1ccccc1)(c1ccc(OC)cc1)c1ccc(OC)cc1. The highest BCUT2D eigenvalue weighted by molar-refractivity contribution is 7.48. The summed E-state index contributed by atoms with van der Waals surface area (Å²) in [5.41, 5.74) is -1.04. The number of H-pyrrole nitrogens is 2. The molecule has 76 heavy (non-hydrogen) atoms. The van der Waals surface area contributed by atoms with Crippen molar-refractivity contribution in [1.82, 2.24) is 19.1 Å². The van der Waals surface area contributed by atoms with Gasteiger partial charge in [0.15, 0.2) is 0 Å². The fraction of sp³-hybridized carbons (Fsp3) is 0.544. The number of rotatable bonds is 31. The minimum atomic E-state index is -4.61. The zero-order valence-corrected chi connectivity index (χ0v) is 45.5. The van der Waals surface area contributed by atoms with Crippen LogP contribution < -0.4 is 32.0 Å². The van der Waals surface area contributed by atoms with Gasteiger partial charge in [-0.2, -0.15) is 0 Å². The number of ether oxygens (including phenoxy) is 5. The van der Waals surface area contributed by atoms with Crippen LogP contribution >= 0.6 is 7.82 Å². The number of aryl methyl sites for hydroxylation is 2. The first-order valence-corrected chi connectivity index (χ1v) is 28.4. The third-order valence-electron chi connectivity index (χ3n) is 14.3. The second-order valence-corrected chi connectivity index (χ2v) is 21.5. The number of phosphoric ester groups is 1. The van der Waals surface area contributed by atoms with Crippen molar-refractivity contribution in [1.29, 1.82) is 0 Å². The fourth-order valence-corrected chi connectivity index (χ4v) is 11.4. The molecule has 3 aromatic carbocycles. The van der Waals surface area contributed by atoms with Crippen molar-refractivity contribution in [2.45, 2.75) is 166 Å². The zero-order valence-electron chi connectivity index (χ0n) is 44.7.